The molecule has 0 atom stereocenters. The van der Waals surface area contributed by atoms with Crippen molar-refractivity contribution in [1.82, 2.24) is 9.78 Å². The lowest BCUT2D eigenvalue weighted by Crippen LogP contribution is -2.14. The molecular weight excluding hydrogens is 266 g/mol. The molecule has 0 saturated carbocycles. The van der Waals surface area contributed by atoms with Gasteiger partial charge in [-0.2, -0.15) is 5.10 Å². The second-order valence-electron chi connectivity index (χ2n) is 5.42. The molecule has 2 aromatic rings. The zero-order valence-electron chi connectivity index (χ0n) is 12.8. The first-order valence-electron chi connectivity index (χ1n) is 6.81. The lowest BCUT2D eigenvalue weighted by molar-refractivity contribution is 0.102. The van der Waals surface area contributed by atoms with Crippen molar-refractivity contribution in [2.75, 3.05) is 30.0 Å². The van der Waals surface area contributed by atoms with Gasteiger partial charge in [0.1, 0.15) is 0 Å². The van der Waals surface area contributed by atoms with Crippen LogP contribution < -0.4 is 16.0 Å². The molecule has 0 spiro atoms. The van der Waals surface area contributed by atoms with Crippen LogP contribution in [0.5, 0.6) is 0 Å². The fourth-order valence-electron chi connectivity index (χ4n) is 1.99. The molecular formula is C15H21N5O. The number of nitrogens with two attached hydrogens (primary N) is 1. The Morgan fingerprint density at radius 2 is 2.10 bits per heavy atom. The minimum absolute atomic E-state index is 0.199. The minimum Gasteiger partial charge on any atom is -0.397 e. The van der Waals surface area contributed by atoms with Crippen molar-refractivity contribution in [2.45, 2.75) is 19.9 Å². The summed E-state index contributed by atoms with van der Waals surface area (Å²) in [5.41, 5.74) is 8.62. The summed E-state index contributed by atoms with van der Waals surface area (Å²) >= 11 is 0. The quantitative estimate of drug-likeness (QED) is 0.846. The number of hydrogen-bond acceptors (Lipinski definition) is 4. The van der Waals surface area contributed by atoms with Gasteiger partial charge in [0, 0.05) is 31.9 Å². The van der Waals surface area contributed by atoms with Crippen LogP contribution in [0.4, 0.5) is 17.1 Å². The van der Waals surface area contributed by atoms with E-state index in [4.69, 9.17) is 5.73 Å². The molecule has 0 aliphatic carbocycles. The van der Waals surface area contributed by atoms with Crippen molar-refractivity contribution in [3.05, 3.63) is 36.2 Å². The topological polar surface area (TPSA) is 76.2 Å². The van der Waals surface area contributed by atoms with E-state index in [1.165, 1.54) is 0 Å². The van der Waals surface area contributed by atoms with Crippen LogP contribution in [-0.2, 0) is 0 Å². The molecule has 1 aromatic heterocycles. The van der Waals surface area contributed by atoms with Gasteiger partial charge in [0.05, 0.1) is 23.3 Å². The van der Waals surface area contributed by atoms with Gasteiger partial charge >= 0.3 is 0 Å². The highest BCUT2D eigenvalue weighted by atomic mass is 16.1. The number of amides is 1. The number of carbonyl (C=O) groups is 1. The first kappa shape index (κ1) is 14.9. The third kappa shape index (κ3) is 3.34. The molecule has 1 heterocycles. The number of carbonyl (C=O) groups excluding carboxylic acids is 1. The van der Waals surface area contributed by atoms with E-state index in [0.29, 0.717) is 16.9 Å². The van der Waals surface area contributed by atoms with E-state index in [0.717, 1.165) is 5.69 Å². The Morgan fingerprint density at radius 1 is 1.38 bits per heavy atom. The van der Waals surface area contributed by atoms with Gasteiger partial charge < -0.3 is 16.0 Å². The number of rotatable bonds is 4. The Hall–Kier alpha value is -2.50. The third-order valence-electron chi connectivity index (χ3n) is 3.16. The summed E-state index contributed by atoms with van der Waals surface area (Å²) in [6.07, 6.45) is 3.44. The lowest BCUT2D eigenvalue weighted by Gasteiger charge is -2.15. The first-order valence-corrected chi connectivity index (χ1v) is 6.81. The Morgan fingerprint density at radius 3 is 2.62 bits per heavy atom. The van der Waals surface area contributed by atoms with E-state index in [2.05, 4.69) is 10.4 Å². The number of nitrogens with zero attached hydrogens (tertiary/aromatic N) is 3. The van der Waals surface area contributed by atoms with Crippen molar-refractivity contribution in [2.24, 2.45) is 0 Å². The van der Waals surface area contributed by atoms with Crippen molar-refractivity contribution < 1.29 is 4.79 Å². The van der Waals surface area contributed by atoms with E-state index >= 15 is 0 Å². The molecule has 6 heteroatoms. The minimum atomic E-state index is -0.199. The van der Waals surface area contributed by atoms with Gasteiger partial charge in [-0.25, -0.2) is 0 Å². The van der Waals surface area contributed by atoms with Crippen molar-refractivity contribution in [1.29, 1.82) is 0 Å². The first-order chi connectivity index (χ1) is 9.88. The van der Waals surface area contributed by atoms with E-state index in [1.54, 1.807) is 29.2 Å². The van der Waals surface area contributed by atoms with Gasteiger partial charge in [-0.1, -0.05) is 0 Å². The summed E-state index contributed by atoms with van der Waals surface area (Å²) < 4.78 is 1.79. The predicted octanol–water partition coefficient (Wildman–Crippen LogP) is 2.36. The van der Waals surface area contributed by atoms with Crippen molar-refractivity contribution >= 4 is 23.0 Å². The fourth-order valence-corrected chi connectivity index (χ4v) is 1.99. The lowest BCUT2D eigenvalue weighted by atomic mass is 10.1. The maximum atomic E-state index is 12.2. The van der Waals surface area contributed by atoms with E-state index < -0.39 is 0 Å². The Kier molecular flexibility index (Phi) is 4.16. The second kappa shape index (κ2) is 5.87. The number of benzene rings is 1. The van der Waals surface area contributed by atoms with Gasteiger partial charge in [-0.3, -0.25) is 9.48 Å². The Labute approximate surface area is 124 Å². The number of nitrogen functional groups attached to an aromatic ring is 1. The standard InChI is InChI=1S/C15H21N5O/c1-10(2)20-9-12(8-17-20)18-15(21)11-5-6-14(19(3)4)13(16)7-11/h5-10H,16H2,1-4H3,(H,18,21). The van der Waals surface area contributed by atoms with Crippen LogP contribution in [0.15, 0.2) is 30.6 Å². The largest absolute Gasteiger partial charge is 0.397 e. The van der Waals surface area contributed by atoms with Gasteiger partial charge in [-0.15, -0.1) is 0 Å². The van der Waals surface area contributed by atoms with Crippen LogP contribution in [-0.4, -0.2) is 29.8 Å². The van der Waals surface area contributed by atoms with E-state index in [1.807, 2.05) is 38.9 Å². The molecule has 0 fully saturated rings. The molecule has 0 bridgehead atoms. The molecule has 0 aliphatic rings. The van der Waals surface area contributed by atoms with Crippen LogP contribution in [0.25, 0.3) is 0 Å². The second-order valence-corrected chi connectivity index (χ2v) is 5.42. The van der Waals surface area contributed by atoms with Crippen LogP contribution >= 0.6 is 0 Å². The molecule has 21 heavy (non-hydrogen) atoms. The zero-order valence-corrected chi connectivity index (χ0v) is 12.8. The maximum absolute atomic E-state index is 12.2. The van der Waals surface area contributed by atoms with Gasteiger partial charge in [0.2, 0.25) is 0 Å². The normalized spacial score (nSPS) is 10.7. The monoisotopic (exact) mass is 287 g/mol. The van der Waals surface area contributed by atoms with Crippen LogP contribution in [0.3, 0.4) is 0 Å². The molecule has 2 rings (SSSR count). The average molecular weight is 287 g/mol. The molecule has 6 nitrogen and oxygen atoms in total. The SMILES string of the molecule is CC(C)n1cc(NC(=O)c2ccc(N(C)C)c(N)c2)cn1. The van der Waals surface area contributed by atoms with Crippen molar-refractivity contribution in [3.63, 3.8) is 0 Å². The average Bonchev–Trinajstić information content (AvgIpc) is 2.86. The number of aromatic nitrogens is 2. The summed E-state index contributed by atoms with van der Waals surface area (Å²) in [5, 5.41) is 7.01. The van der Waals surface area contributed by atoms with Gasteiger partial charge in [-0.05, 0) is 32.0 Å². The highest BCUT2D eigenvalue weighted by Gasteiger charge is 2.11. The highest BCUT2D eigenvalue weighted by molar-refractivity contribution is 6.05. The fraction of sp³-hybridized carbons (Fsp3) is 0.333. The third-order valence-corrected chi connectivity index (χ3v) is 3.16. The van der Waals surface area contributed by atoms with E-state index in [-0.39, 0.29) is 11.9 Å². The number of anilines is 3. The molecule has 0 unspecified atom stereocenters. The molecule has 0 aliphatic heterocycles. The molecule has 3 N–H and O–H groups in total. The molecule has 0 radical (unpaired) electrons. The van der Waals surface area contributed by atoms with Gasteiger partial charge in [0.15, 0.2) is 0 Å². The number of hydrogen-bond donors (Lipinski definition) is 2. The van der Waals surface area contributed by atoms with Crippen LogP contribution in [0, 0.1) is 0 Å². The van der Waals surface area contributed by atoms with E-state index in [9.17, 15) is 4.79 Å². The summed E-state index contributed by atoms with van der Waals surface area (Å²) in [6.45, 7) is 4.05. The maximum Gasteiger partial charge on any atom is 0.255 e. The summed E-state index contributed by atoms with van der Waals surface area (Å²) in [5.74, 6) is -0.199. The molecule has 1 aromatic carbocycles. The smallest absolute Gasteiger partial charge is 0.255 e. The Bertz CT molecular complexity index is 645. The zero-order chi connectivity index (χ0) is 15.6. The van der Waals surface area contributed by atoms with Crippen LogP contribution in [0.2, 0.25) is 0 Å². The molecule has 112 valence electrons. The number of nitrogens with one attached hydrogen (secondary N) is 1. The summed E-state index contributed by atoms with van der Waals surface area (Å²) in [7, 11) is 3.82. The summed E-state index contributed by atoms with van der Waals surface area (Å²) in [6, 6.07) is 5.53. The highest BCUT2D eigenvalue weighted by Crippen LogP contribution is 2.23. The summed E-state index contributed by atoms with van der Waals surface area (Å²) in [4.78, 5) is 14.1. The van der Waals surface area contributed by atoms with Crippen LogP contribution in [0.1, 0.15) is 30.2 Å². The van der Waals surface area contributed by atoms with Crippen molar-refractivity contribution in [3.8, 4) is 0 Å². The molecule has 1 amide bonds. The molecule has 0 saturated heterocycles. The predicted molar refractivity (Wildman–Crippen MR) is 85.7 cm³/mol. The Balaban J connectivity index is 2.14. The van der Waals surface area contributed by atoms with Gasteiger partial charge in [0.25, 0.3) is 5.91 Å².